The molecule has 0 aliphatic carbocycles. The SMILES string of the molecule is CC(NC(=O)CC(=O)N(C)CCc1ccncc1)c1ccccc1. The molecule has 1 unspecified atom stereocenters. The zero-order valence-corrected chi connectivity index (χ0v) is 14.1. The molecule has 2 rings (SSSR count). The number of nitrogens with one attached hydrogen (secondary N) is 1. The fourth-order valence-electron chi connectivity index (χ4n) is 2.36. The summed E-state index contributed by atoms with van der Waals surface area (Å²) in [4.78, 5) is 29.8. The third-order valence-electron chi connectivity index (χ3n) is 3.90. The lowest BCUT2D eigenvalue weighted by Gasteiger charge is -2.18. The molecule has 0 saturated heterocycles. The number of carbonyl (C=O) groups excluding carboxylic acids is 2. The Morgan fingerprint density at radius 3 is 2.46 bits per heavy atom. The highest BCUT2D eigenvalue weighted by atomic mass is 16.2. The van der Waals surface area contributed by atoms with Crippen LogP contribution in [0.3, 0.4) is 0 Å². The average molecular weight is 325 g/mol. The van der Waals surface area contributed by atoms with Gasteiger partial charge in [0.15, 0.2) is 0 Å². The molecule has 5 nitrogen and oxygen atoms in total. The van der Waals surface area contributed by atoms with E-state index in [9.17, 15) is 9.59 Å². The molecule has 0 aliphatic heterocycles. The average Bonchev–Trinajstić information content (AvgIpc) is 2.61. The Morgan fingerprint density at radius 1 is 1.12 bits per heavy atom. The van der Waals surface area contributed by atoms with Crippen LogP contribution in [-0.4, -0.2) is 35.3 Å². The van der Waals surface area contributed by atoms with E-state index in [-0.39, 0.29) is 24.3 Å². The second kappa shape index (κ2) is 8.82. The van der Waals surface area contributed by atoms with Gasteiger partial charge < -0.3 is 10.2 Å². The van der Waals surface area contributed by atoms with E-state index in [1.807, 2.05) is 49.4 Å². The fourth-order valence-corrected chi connectivity index (χ4v) is 2.36. The first-order valence-electron chi connectivity index (χ1n) is 8.03. The minimum Gasteiger partial charge on any atom is -0.349 e. The van der Waals surface area contributed by atoms with Crippen LogP contribution in [0.4, 0.5) is 0 Å². The molecule has 0 bridgehead atoms. The van der Waals surface area contributed by atoms with E-state index >= 15 is 0 Å². The molecule has 2 amide bonds. The van der Waals surface area contributed by atoms with Gasteiger partial charge in [-0.25, -0.2) is 0 Å². The van der Waals surface area contributed by atoms with Gasteiger partial charge in [0.05, 0.1) is 6.04 Å². The first-order valence-corrected chi connectivity index (χ1v) is 8.03. The monoisotopic (exact) mass is 325 g/mol. The molecule has 5 heteroatoms. The summed E-state index contributed by atoms with van der Waals surface area (Å²) in [5, 5.41) is 2.86. The molecule has 0 saturated carbocycles. The first-order chi connectivity index (χ1) is 11.6. The standard InChI is InChI=1S/C19H23N3O2/c1-15(17-6-4-3-5-7-17)21-18(23)14-19(24)22(2)13-10-16-8-11-20-12-9-16/h3-9,11-12,15H,10,13-14H2,1-2H3,(H,21,23). The molecular weight excluding hydrogens is 302 g/mol. The van der Waals surface area contributed by atoms with E-state index in [0.717, 1.165) is 17.5 Å². The van der Waals surface area contributed by atoms with Crippen molar-refractivity contribution in [3.8, 4) is 0 Å². The maximum absolute atomic E-state index is 12.1. The number of amides is 2. The lowest BCUT2D eigenvalue weighted by atomic mass is 10.1. The molecule has 126 valence electrons. The Bertz CT molecular complexity index is 659. The van der Waals surface area contributed by atoms with Crippen LogP contribution >= 0.6 is 0 Å². The first kappa shape index (κ1) is 17.7. The van der Waals surface area contributed by atoms with E-state index in [1.165, 1.54) is 0 Å². The van der Waals surface area contributed by atoms with Crippen molar-refractivity contribution in [2.75, 3.05) is 13.6 Å². The van der Waals surface area contributed by atoms with E-state index < -0.39 is 0 Å². The Balaban J connectivity index is 1.77. The van der Waals surface area contributed by atoms with Crippen LogP contribution in [0.25, 0.3) is 0 Å². The van der Waals surface area contributed by atoms with Crippen LogP contribution < -0.4 is 5.32 Å². The lowest BCUT2D eigenvalue weighted by Crippen LogP contribution is -2.35. The summed E-state index contributed by atoms with van der Waals surface area (Å²) in [7, 11) is 1.72. The van der Waals surface area contributed by atoms with Gasteiger partial charge in [0, 0.05) is 26.0 Å². The van der Waals surface area contributed by atoms with Gasteiger partial charge in [-0.3, -0.25) is 14.6 Å². The molecule has 1 atom stereocenters. The van der Waals surface area contributed by atoms with E-state index in [4.69, 9.17) is 0 Å². The summed E-state index contributed by atoms with van der Waals surface area (Å²) >= 11 is 0. The third kappa shape index (κ3) is 5.50. The summed E-state index contributed by atoms with van der Waals surface area (Å²) in [6.45, 7) is 2.48. The maximum Gasteiger partial charge on any atom is 0.231 e. The lowest BCUT2D eigenvalue weighted by molar-refractivity contribution is -0.135. The summed E-state index contributed by atoms with van der Waals surface area (Å²) < 4.78 is 0. The van der Waals surface area contributed by atoms with Crippen molar-refractivity contribution in [3.63, 3.8) is 0 Å². The van der Waals surface area contributed by atoms with Gasteiger partial charge in [-0.2, -0.15) is 0 Å². The van der Waals surface area contributed by atoms with Crippen LogP contribution in [0, 0.1) is 0 Å². The third-order valence-corrected chi connectivity index (χ3v) is 3.90. The van der Waals surface area contributed by atoms with E-state index in [1.54, 1.807) is 24.3 Å². The van der Waals surface area contributed by atoms with Gasteiger partial charge in [0.1, 0.15) is 6.42 Å². The van der Waals surface area contributed by atoms with Crippen molar-refractivity contribution in [3.05, 3.63) is 66.0 Å². The molecule has 2 aromatic rings. The van der Waals surface area contributed by atoms with E-state index in [2.05, 4.69) is 10.3 Å². The van der Waals surface area contributed by atoms with E-state index in [0.29, 0.717) is 6.54 Å². The van der Waals surface area contributed by atoms with Gasteiger partial charge >= 0.3 is 0 Å². The topological polar surface area (TPSA) is 62.3 Å². The Hall–Kier alpha value is -2.69. The summed E-state index contributed by atoms with van der Waals surface area (Å²) in [6, 6.07) is 13.4. The van der Waals surface area contributed by atoms with Crippen molar-refractivity contribution < 1.29 is 9.59 Å². The molecule has 1 N–H and O–H groups in total. The quantitative estimate of drug-likeness (QED) is 0.795. The molecule has 1 aromatic carbocycles. The van der Waals surface area contributed by atoms with Crippen molar-refractivity contribution >= 4 is 11.8 Å². The smallest absolute Gasteiger partial charge is 0.231 e. The molecule has 1 heterocycles. The summed E-state index contributed by atoms with van der Waals surface area (Å²) in [5.41, 5.74) is 2.14. The number of carbonyl (C=O) groups is 2. The Kier molecular flexibility index (Phi) is 6.49. The number of pyridine rings is 1. The van der Waals surface area contributed by atoms with Gasteiger partial charge in [-0.05, 0) is 36.6 Å². The highest BCUT2D eigenvalue weighted by Crippen LogP contribution is 2.11. The number of nitrogens with zero attached hydrogens (tertiary/aromatic N) is 2. The molecule has 0 aliphatic rings. The normalized spacial score (nSPS) is 11.6. The van der Waals surface area contributed by atoms with Gasteiger partial charge in [0.25, 0.3) is 0 Å². The number of benzene rings is 1. The molecule has 0 radical (unpaired) electrons. The highest BCUT2D eigenvalue weighted by molar-refractivity contribution is 5.96. The zero-order valence-electron chi connectivity index (χ0n) is 14.1. The van der Waals surface area contributed by atoms with Crippen molar-refractivity contribution in [1.82, 2.24) is 15.2 Å². The minimum atomic E-state index is -0.257. The molecule has 0 spiro atoms. The van der Waals surface area contributed by atoms with Crippen LogP contribution in [0.15, 0.2) is 54.9 Å². The molecule has 0 fully saturated rings. The molecular formula is C19H23N3O2. The predicted octanol–water partition coefficient (Wildman–Crippen LogP) is 2.35. The number of hydrogen-bond acceptors (Lipinski definition) is 3. The second-order valence-electron chi connectivity index (χ2n) is 5.80. The van der Waals surface area contributed by atoms with Crippen LogP contribution in [0.2, 0.25) is 0 Å². The van der Waals surface area contributed by atoms with Gasteiger partial charge in [-0.1, -0.05) is 30.3 Å². The Morgan fingerprint density at radius 2 is 1.79 bits per heavy atom. The number of likely N-dealkylation sites (N-methyl/N-ethyl adjacent to an activating group) is 1. The summed E-state index contributed by atoms with van der Waals surface area (Å²) in [6.07, 6.45) is 4.07. The zero-order chi connectivity index (χ0) is 17.4. The number of rotatable bonds is 7. The largest absolute Gasteiger partial charge is 0.349 e. The van der Waals surface area contributed by atoms with Gasteiger partial charge in [0.2, 0.25) is 11.8 Å². The van der Waals surface area contributed by atoms with Crippen LogP contribution in [0.5, 0.6) is 0 Å². The van der Waals surface area contributed by atoms with Crippen LogP contribution in [0.1, 0.15) is 30.5 Å². The van der Waals surface area contributed by atoms with Crippen molar-refractivity contribution in [2.24, 2.45) is 0 Å². The highest BCUT2D eigenvalue weighted by Gasteiger charge is 2.16. The maximum atomic E-state index is 12.1. The number of hydrogen-bond donors (Lipinski definition) is 1. The Labute approximate surface area is 142 Å². The van der Waals surface area contributed by atoms with Crippen molar-refractivity contribution in [2.45, 2.75) is 25.8 Å². The molecule has 24 heavy (non-hydrogen) atoms. The van der Waals surface area contributed by atoms with Crippen molar-refractivity contribution in [1.29, 1.82) is 0 Å². The second-order valence-corrected chi connectivity index (χ2v) is 5.80. The predicted molar refractivity (Wildman–Crippen MR) is 93.2 cm³/mol. The minimum absolute atomic E-state index is 0.117. The van der Waals surface area contributed by atoms with Gasteiger partial charge in [-0.15, -0.1) is 0 Å². The molecule has 1 aromatic heterocycles. The summed E-state index contributed by atoms with van der Waals surface area (Å²) in [5.74, 6) is -0.436. The van der Waals surface area contributed by atoms with Crippen LogP contribution in [-0.2, 0) is 16.0 Å². The fraction of sp³-hybridized carbons (Fsp3) is 0.316. The number of aromatic nitrogens is 1.